The van der Waals surface area contributed by atoms with Crippen molar-refractivity contribution in [3.05, 3.63) is 35.6 Å². The molecule has 3 nitrogen and oxygen atoms in total. The molecule has 1 heterocycles. The zero-order valence-electron chi connectivity index (χ0n) is 12.8. The summed E-state index contributed by atoms with van der Waals surface area (Å²) in [5.41, 5.74) is 1.15. The lowest BCUT2D eigenvalue weighted by Gasteiger charge is -2.41. The van der Waals surface area contributed by atoms with E-state index in [9.17, 15) is 9.18 Å². The van der Waals surface area contributed by atoms with Crippen LogP contribution in [0, 0.1) is 5.82 Å². The second kappa shape index (κ2) is 8.13. The van der Waals surface area contributed by atoms with Crippen molar-refractivity contribution in [3.8, 4) is 0 Å². The number of hydrogen-bond acceptors (Lipinski definition) is 2. The Balaban J connectivity index is 1.94. The molecule has 1 aromatic rings. The predicted octanol–water partition coefficient (Wildman–Crippen LogP) is 3.05. The SMILES string of the molecule is CCCN(C=O)C1CCCCN1CCc1ccc(F)cc1. The molecule has 0 aliphatic carbocycles. The number of benzene rings is 1. The third-order valence-electron chi connectivity index (χ3n) is 4.18. The van der Waals surface area contributed by atoms with Gasteiger partial charge < -0.3 is 4.90 Å². The van der Waals surface area contributed by atoms with Crippen LogP contribution in [0.3, 0.4) is 0 Å². The van der Waals surface area contributed by atoms with Crippen LogP contribution in [0.5, 0.6) is 0 Å². The van der Waals surface area contributed by atoms with Crippen LogP contribution in [-0.2, 0) is 11.2 Å². The first-order chi connectivity index (χ1) is 10.2. The molecule has 116 valence electrons. The van der Waals surface area contributed by atoms with E-state index in [-0.39, 0.29) is 12.0 Å². The van der Waals surface area contributed by atoms with E-state index in [4.69, 9.17) is 0 Å². The Morgan fingerprint density at radius 2 is 2.10 bits per heavy atom. The van der Waals surface area contributed by atoms with Crippen molar-refractivity contribution >= 4 is 6.41 Å². The summed E-state index contributed by atoms with van der Waals surface area (Å²) in [6.07, 6.45) is 6.55. The molecule has 1 unspecified atom stereocenters. The molecule has 1 amide bonds. The second-order valence-electron chi connectivity index (χ2n) is 5.73. The number of amides is 1. The zero-order chi connectivity index (χ0) is 15.1. The van der Waals surface area contributed by atoms with Gasteiger partial charge in [0.1, 0.15) is 5.82 Å². The summed E-state index contributed by atoms with van der Waals surface area (Å²) in [6.45, 7) is 4.88. The molecule has 1 aliphatic rings. The highest BCUT2D eigenvalue weighted by Gasteiger charge is 2.26. The average Bonchev–Trinajstić information content (AvgIpc) is 2.52. The van der Waals surface area contributed by atoms with Gasteiger partial charge in [-0.25, -0.2) is 4.39 Å². The van der Waals surface area contributed by atoms with Crippen LogP contribution >= 0.6 is 0 Å². The number of piperidine rings is 1. The van der Waals surface area contributed by atoms with Gasteiger partial charge >= 0.3 is 0 Å². The Kier molecular flexibility index (Phi) is 6.18. The summed E-state index contributed by atoms with van der Waals surface area (Å²) in [6, 6.07) is 6.71. The predicted molar refractivity (Wildman–Crippen MR) is 82.4 cm³/mol. The zero-order valence-corrected chi connectivity index (χ0v) is 12.8. The second-order valence-corrected chi connectivity index (χ2v) is 5.73. The van der Waals surface area contributed by atoms with E-state index in [1.165, 1.54) is 25.0 Å². The topological polar surface area (TPSA) is 23.6 Å². The Morgan fingerprint density at radius 3 is 2.76 bits per heavy atom. The van der Waals surface area contributed by atoms with Crippen LogP contribution in [0.1, 0.15) is 38.2 Å². The van der Waals surface area contributed by atoms with E-state index in [0.29, 0.717) is 0 Å². The normalized spacial score (nSPS) is 19.4. The van der Waals surface area contributed by atoms with Gasteiger partial charge in [-0.15, -0.1) is 0 Å². The Morgan fingerprint density at radius 1 is 1.33 bits per heavy atom. The number of hydrogen-bond donors (Lipinski definition) is 0. The molecule has 1 atom stereocenters. The van der Waals surface area contributed by atoms with Crippen LogP contribution < -0.4 is 0 Å². The van der Waals surface area contributed by atoms with Gasteiger partial charge in [0.2, 0.25) is 6.41 Å². The number of likely N-dealkylation sites (tertiary alicyclic amines) is 1. The molecule has 21 heavy (non-hydrogen) atoms. The summed E-state index contributed by atoms with van der Waals surface area (Å²) in [4.78, 5) is 15.6. The average molecular weight is 292 g/mol. The lowest BCUT2D eigenvalue weighted by molar-refractivity contribution is -0.125. The fourth-order valence-corrected chi connectivity index (χ4v) is 3.06. The summed E-state index contributed by atoms with van der Waals surface area (Å²) in [7, 11) is 0. The summed E-state index contributed by atoms with van der Waals surface area (Å²) in [5, 5.41) is 0. The van der Waals surface area contributed by atoms with Gasteiger partial charge in [-0.05, 0) is 49.8 Å². The van der Waals surface area contributed by atoms with Crippen LogP contribution in [0.2, 0.25) is 0 Å². The smallest absolute Gasteiger partial charge is 0.210 e. The first-order valence-corrected chi connectivity index (χ1v) is 7.94. The summed E-state index contributed by atoms with van der Waals surface area (Å²) < 4.78 is 12.9. The fraction of sp³-hybridized carbons (Fsp3) is 0.588. The molecule has 0 spiro atoms. The van der Waals surface area contributed by atoms with Gasteiger partial charge in [0.05, 0.1) is 6.17 Å². The minimum atomic E-state index is -0.190. The van der Waals surface area contributed by atoms with Gasteiger partial charge in [0.15, 0.2) is 0 Å². The van der Waals surface area contributed by atoms with Gasteiger partial charge in [0.25, 0.3) is 0 Å². The largest absolute Gasteiger partial charge is 0.330 e. The Hall–Kier alpha value is -1.42. The maximum absolute atomic E-state index is 12.9. The lowest BCUT2D eigenvalue weighted by atomic mass is 10.0. The molecule has 0 radical (unpaired) electrons. The van der Waals surface area contributed by atoms with Gasteiger partial charge in [-0.3, -0.25) is 9.69 Å². The summed E-state index contributed by atoms with van der Waals surface area (Å²) >= 11 is 0. The molecule has 0 saturated carbocycles. The Labute approximate surface area is 126 Å². The van der Waals surface area contributed by atoms with Gasteiger partial charge in [0, 0.05) is 19.6 Å². The first-order valence-electron chi connectivity index (χ1n) is 7.94. The van der Waals surface area contributed by atoms with Crippen LogP contribution in [0.4, 0.5) is 4.39 Å². The summed E-state index contributed by atoms with van der Waals surface area (Å²) in [5.74, 6) is -0.190. The molecule has 1 aromatic carbocycles. The maximum Gasteiger partial charge on any atom is 0.210 e. The Bertz CT molecular complexity index is 435. The van der Waals surface area contributed by atoms with E-state index in [2.05, 4.69) is 11.8 Å². The van der Waals surface area contributed by atoms with Gasteiger partial charge in [-0.1, -0.05) is 19.1 Å². The number of nitrogens with zero attached hydrogens (tertiary/aromatic N) is 2. The van der Waals surface area contributed by atoms with Crippen LogP contribution in [0.25, 0.3) is 0 Å². The standard InChI is InChI=1S/C17H25FN2O/c1-2-11-20(14-21)17-5-3-4-12-19(17)13-10-15-6-8-16(18)9-7-15/h6-9,14,17H,2-5,10-13H2,1H3. The van der Waals surface area contributed by atoms with Crippen molar-refractivity contribution in [2.45, 2.75) is 45.2 Å². The van der Waals surface area contributed by atoms with Crippen molar-refractivity contribution < 1.29 is 9.18 Å². The molecule has 1 aliphatic heterocycles. The third-order valence-corrected chi connectivity index (χ3v) is 4.18. The van der Waals surface area contributed by atoms with Crippen molar-refractivity contribution in [2.24, 2.45) is 0 Å². The highest BCUT2D eigenvalue weighted by Crippen LogP contribution is 2.20. The van der Waals surface area contributed by atoms with Crippen molar-refractivity contribution in [1.82, 2.24) is 9.80 Å². The number of halogens is 1. The molecule has 0 aromatic heterocycles. The third kappa shape index (κ3) is 4.53. The highest BCUT2D eigenvalue weighted by atomic mass is 19.1. The molecule has 0 bridgehead atoms. The van der Waals surface area contributed by atoms with E-state index < -0.39 is 0 Å². The van der Waals surface area contributed by atoms with Crippen molar-refractivity contribution in [3.63, 3.8) is 0 Å². The van der Waals surface area contributed by atoms with E-state index in [0.717, 1.165) is 50.9 Å². The first kappa shape index (κ1) is 16.0. The van der Waals surface area contributed by atoms with Crippen LogP contribution in [-0.4, -0.2) is 42.0 Å². The quantitative estimate of drug-likeness (QED) is 0.721. The monoisotopic (exact) mass is 292 g/mol. The molecule has 4 heteroatoms. The molecule has 1 saturated heterocycles. The molecule has 2 rings (SSSR count). The minimum Gasteiger partial charge on any atom is -0.330 e. The fourth-order valence-electron chi connectivity index (χ4n) is 3.06. The minimum absolute atomic E-state index is 0.190. The van der Waals surface area contributed by atoms with E-state index >= 15 is 0 Å². The van der Waals surface area contributed by atoms with Crippen LogP contribution in [0.15, 0.2) is 24.3 Å². The number of rotatable bonds is 7. The molecular weight excluding hydrogens is 267 g/mol. The maximum atomic E-state index is 12.9. The molecule has 1 fully saturated rings. The van der Waals surface area contributed by atoms with E-state index in [1.54, 1.807) is 0 Å². The number of carbonyl (C=O) groups excluding carboxylic acids is 1. The molecular formula is C17H25FN2O. The van der Waals surface area contributed by atoms with Gasteiger partial charge in [-0.2, -0.15) is 0 Å². The molecule has 0 N–H and O–H groups in total. The highest BCUT2D eigenvalue weighted by molar-refractivity contribution is 5.47. The van der Waals surface area contributed by atoms with E-state index in [1.807, 2.05) is 17.0 Å². The van der Waals surface area contributed by atoms with Crippen molar-refractivity contribution in [2.75, 3.05) is 19.6 Å². The number of carbonyl (C=O) groups is 1. The lowest BCUT2D eigenvalue weighted by Crippen LogP contribution is -2.51. The van der Waals surface area contributed by atoms with Crippen molar-refractivity contribution in [1.29, 1.82) is 0 Å².